The number of aryl methyl sites for hydroxylation is 1. The van der Waals surface area contributed by atoms with Crippen LogP contribution in [0.1, 0.15) is 63.3 Å². The molecule has 0 saturated carbocycles. The van der Waals surface area contributed by atoms with Crippen LogP contribution in [0.3, 0.4) is 0 Å². The molecule has 1 N–H and O–H groups in total. The van der Waals surface area contributed by atoms with Gasteiger partial charge in [0.05, 0.1) is 6.20 Å². The number of nitrogens with zero attached hydrogens (tertiary/aromatic N) is 2. The van der Waals surface area contributed by atoms with E-state index in [1.807, 2.05) is 17.9 Å². The summed E-state index contributed by atoms with van der Waals surface area (Å²) < 4.78 is 1.96. The van der Waals surface area contributed by atoms with Gasteiger partial charge in [-0.1, -0.05) is 39.5 Å². The number of hydrogen-bond acceptors (Lipinski definition) is 2. The molecule has 17 heavy (non-hydrogen) atoms. The van der Waals surface area contributed by atoms with Gasteiger partial charge in [0.25, 0.3) is 0 Å². The average molecular weight is 237 g/mol. The highest BCUT2D eigenvalue weighted by atomic mass is 15.3. The zero-order valence-corrected chi connectivity index (χ0v) is 11.8. The summed E-state index contributed by atoms with van der Waals surface area (Å²) in [5.41, 5.74) is 2.65. The smallest absolute Gasteiger partial charge is 0.0540 e. The Morgan fingerprint density at radius 1 is 1.29 bits per heavy atom. The van der Waals surface area contributed by atoms with Crippen LogP contribution < -0.4 is 5.32 Å². The fraction of sp³-hybridized carbons (Fsp3) is 0.786. The summed E-state index contributed by atoms with van der Waals surface area (Å²) in [6, 6.07) is 0.477. The number of unbranched alkanes of at least 4 members (excludes halogenated alkanes) is 3. The molecule has 3 heteroatoms. The van der Waals surface area contributed by atoms with E-state index in [0.29, 0.717) is 6.04 Å². The van der Waals surface area contributed by atoms with Gasteiger partial charge in [0, 0.05) is 24.3 Å². The molecule has 0 saturated heterocycles. The summed E-state index contributed by atoms with van der Waals surface area (Å²) in [6.45, 7) is 7.60. The monoisotopic (exact) mass is 237 g/mol. The minimum Gasteiger partial charge on any atom is -0.310 e. The van der Waals surface area contributed by atoms with Crippen molar-refractivity contribution in [3.05, 3.63) is 17.5 Å². The Kier molecular flexibility index (Phi) is 6.27. The predicted molar refractivity (Wildman–Crippen MR) is 73.1 cm³/mol. The standard InChI is InChI=1S/C14H27N3/c1-5-7-8-9-10-14(15-6-2)13-11-16-17(4)12(13)3/h11,14-15H,5-10H2,1-4H3. The third-order valence-electron chi connectivity index (χ3n) is 3.45. The Morgan fingerprint density at radius 2 is 2.06 bits per heavy atom. The first-order chi connectivity index (χ1) is 8.20. The molecule has 1 unspecified atom stereocenters. The largest absolute Gasteiger partial charge is 0.310 e. The van der Waals surface area contributed by atoms with Crippen LogP contribution in [0.15, 0.2) is 6.20 Å². The second-order valence-electron chi connectivity index (χ2n) is 4.77. The highest BCUT2D eigenvalue weighted by Crippen LogP contribution is 2.22. The van der Waals surface area contributed by atoms with E-state index in [4.69, 9.17) is 0 Å². The Balaban J connectivity index is 2.56. The van der Waals surface area contributed by atoms with Crippen molar-refractivity contribution >= 4 is 0 Å². The van der Waals surface area contributed by atoms with Crippen LogP contribution in [0.25, 0.3) is 0 Å². The van der Waals surface area contributed by atoms with Gasteiger partial charge in [-0.2, -0.15) is 5.10 Å². The zero-order chi connectivity index (χ0) is 12.7. The number of hydrogen-bond donors (Lipinski definition) is 1. The third-order valence-corrected chi connectivity index (χ3v) is 3.45. The van der Waals surface area contributed by atoms with Gasteiger partial charge in [-0.15, -0.1) is 0 Å². The maximum Gasteiger partial charge on any atom is 0.0540 e. The first-order valence-electron chi connectivity index (χ1n) is 6.92. The molecular weight excluding hydrogens is 210 g/mol. The van der Waals surface area contributed by atoms with Crippen molar-refractivity contribution in [3.8, 4) is 0 Å². The molecule has 1 heterocycles. The molecule has 1 atom stereocenters. The van der Waals surface area contributed by atoms with Crippen LogP contribution in [-0.2, 0) is 7.05 Å². The lowest BCUT2D eigenvalue weighted by atomic mass is 10.0. The van der Waals surface area contributed by atoms with Gasteiger partial charge in [-0.3, -0.25) is 4.68 Å². The summed E-state index contributed by atoms with van der Waals surface area (Å²) in [5.74, 6) is 0. The summed E-state index contributed by atoms with van der Waals surface area (Å²) in [6.07, 6.45) is 8.54. The van der Waals surface area contributed by atoms with Gasteiger partial charge >= 0.3 is 0 Å². The van der Waals surface area contributed by atoms with Crippen LogP contribution in [0, 0.1) is 6.92 Å². The number of rotatable bonds is 8. The second kappa shape index (κ2) is 7.49. The highest BCUT2D eigenvalue weighted by Gasteiger charge is 2.15. The van der Waals surface area contributed by atoms with Crippen molar-refractivity contribution in [2.24, 2.45) is 7.05 Å². The van der Waals surface area contributed by atoms with Crippen molar-refractivity contribution in [1.29, 1.82) is 0 Å². The fourth-order valence-corrected chi connectivity index (χ4v) is 2.25. The molecule has 0 aliphatic carbocycles. The van der Waals surface area contributed by atoms with Crippen molar-refractivity contribution in [1.82, 2.24) is 15.1 Å². The molecule has 0 spiro atoms. The molecule has 0 aliphatic rings. The minimum atomic E-state index is 0.477. The normalized spacial score (nSPS) is 12.9. The van der Waals surface area contributed by atoms with E-state index >= 15 is 0 Å². The maximum absolute atomic E-state index is 4.34. The zero-order valence-electron chi connectivity index (χ0n) is 11.8. The Hall–Kier alpha value is -0.830. The van der Waals surface area contributed by atoms with Gasteiger partial charge in [-0.25, -0.2) is 0 Å². The van der Waals surface area contributed by atoms with Gasteiger partial charge in [-0.05, 0) is 19.9 Å². The predicted octanol–water partition coefficient (Wildman–Crippen LogP) is 3.35. The molecule has 0 bridgehead atoms. The first-order valence-corrected chi connectivity index (χ1v) is 6.92. The lowest BCUT2D eigenvalue weighted by Crippen LogP contribution is -2.21. The van der Waals surface area contributed by atoms with Gasteiger partial charge in [0.1, 0.15) is 0 Å². The lowest BCUT2D eigenvalue weighted by Gasteiger charge is -2.17. The molecule has 3 nitrogen and oxygen atoms in total. The van der Waals surface area contributed by atoms with Crippen LogP contribution >= 0.6 is 0 Å². The molecule has 1 aromatic rings. The van der Waals surface area contributed by atoms with Gasteiger partial charge < -0.3 is 5.32 Å². The molecule has 0 aliphatic heterocycles. The Bertz CT molecular complexity index is 317. The summed E-state index contributed by atoms with van der Waals surface area (Å²) >= 11 is 0. The fourth-order valence-electron chi connectivity index (χ4n) is 2.25. The molecule has 0 radical (unpaired) electrons. The molecule has 0 aromatic carbocycles. The van der Waals surface area contributed by atoms with E-state index in [1.54, 1.807) is 0 Å². The minimum absolute atomic E-state index is 0.477. The molecule has 0 fully saturated rings. The summed E-state index contributed by atoms with van der Waals surface area (Å²) in [5, 5.41) is 7.92. The van der Waals surface area contributed by atoms with E-state index in [-0.39, 0.29) is 0 Å². The van der Waals surface area contributed by atoms with E-state index in [2.05, 4.69) is 31.2 Å². The third kappa shape index (κ3) is 4.15. The van der Waals surface area contributed by atoms with E-state index < -0.39 is 0 Å². The van der Waals surface area contributed by atoms with Crippen LogP contribution in [0.2, 0.25) is 0 Å². The molecule has 1 aromatic heterocycles. The van der Waals surface area contributed by atoms with Gasteiger partial charge in [0.15, 0.2) is 0 Å². The van der Waals surface area contributed by atoms with Crippen molar-refractivity contribution < 1.29 is 0 Å². The Labute approximate surface area is 106 Å². The van der Waals surface area contributed by atoms with Crippen LogP contribution in [0.5, 0.6) is 0 Å². The van der Waals surface area contributed by atoms with Crippen molar-refractivity contribution in [3.63, 3.8) is 0 Å². The van der Waals surface area contributed by atoms with Crippen molar-refractivity contribution in [2.75, 3.05) is 6.54 Å². The van der Waals surface area contributed by atoms with E-state index in [9.17, 15) is 0 Å². The first kappa shape index (κ1) is 14.2. The lowest BCUT2D eigenvalue weighted by molar-refractivity contribution is 0.479. The van der Waals surface area contributed by atoms with Crippen molar-refractivity contribution in [2.45, 2.75) is 58.9 Å². The summed E-state index contributed by atoms with van der Waals surface area (Å²) in [7, 11) is 2.01. The molecule has 98 valence electrons. The average Bonchev–Trinajstić information content (AvgIpc) is 2.64. The molecular formula is C14H27N3. The SMILES string of the molecule is CCCCCCC(NCC)c1cnn(C)c1C. The summed E-state index contributed by atoms with van der Waals surface area (Å²) in [4.78, 5) is 0. The maximum atomic E-state index is 4.34. The number of aromatic nitrogens is 2. The highest BCUT2D eigenvalue weighted by molar-refractivity contribution is 5.20. The number of nitrogens with one attached hydrogen (secondary N) is 1. The molecule has 0 amide bonds. The van der Waals surface area contributed by atoms with Crippen LogP contribution in [-0.4, -0.2) is 16.3 Å². The Morgan fingerprint density at radius 3 is 2.59 bits per heavy atom. The topological polar surface area (TPSA) is 29.9 Å². The van der Waals surface area contributed by atoms with E-state index in [0.717, 1.165) is 6.54 Å². The van der Waals surface area contributed by atoms with Crippen LogP contribution in [0.4, 0.5) is 0 Å². The quantitative estimate of drug-likeness (QED) is 0.703. The second-order valence-corrected chi connectivity index (χ2v) is 4.77. The van der Waals surface area contributed by atoms with E-state index in [1.165, 1.54) is 43.4 Å². The molecule has 1 rings (SSSR count). The van der Waals surface area contributed by atoms with Gasteiger partial charge in [0.2, 0.25) is 0 Å².